The van der Waals surface area contributed by atoms with E-state index in [1.807, 2.05) is 19.1 Å². The predicted octanol–water partition coefficient (Wildman–Crippen LogP) is 4.11. The summed E-state index contributed by atoms with van der Waals surface area (Å²) in [6.07, 6.45) is -10.8. The Morgan fingerprint density at radius 3 is 2.29 bits per heavy atom. The van der Waals surface area contributed by atoms with Gasteiger partial charge in [-0.2, -0.15) is 13.2 Å². The lowest BCUT2D eigenvalue weighted by atomic mass is 10.0. The molecule has 1 aromatic heterocycles. The molecule has 0 bridgehead atoms. The van der Waals surface area contributed by atoms with Gasteiger partial charge in [-0.1, -0.05) is 43.3 Å². The van der Waals surface area contributed by atoms with Crippen LogP contribution in [-0.4, -0.2) is 71.6 Å². The van der Waals surface area contributed by atoms with Gasteiger partial charge < -0.3 is 33.9 Å². The van der Waals surface area contributed by atoms with E-state index in [0.29, 0.717) is 16.9 Å². The number of nitrogens with zero attached hydrogens (tertiary/aromatic N) is 2. The van der Waals surface area contributed by atoms with Gasteiger partial charge >= 0.3 is 12.3 Å². The Kier molecular flexibility index (Phi) is 9.97. The summed E-state index contributed by atoms with van der Waals surface area (Å²) in [6, 6.07) is 13.7. The number of aliphatic hydroxyl groups is 2. The Morgan fingerprint density at radius 2 is 1.69 bits per heavy atom. The first-order valence-electron chi connectivity index (χ1n) is 13.3. The average molecular weight is 595 g/mol. The smallest absolute Gasteiger partial charge is 0.497 e. The van der Waals surface area contributed by atoms with E-state index >= 15 is 0 Å². The summed E-state index contributed by atoms with van der Waals surface area (Å²) >= 11 is 0. The van der Waals surface area contributed by atoms with Crippen LogP contribution in [0.5, 0.6) is 11.6 Å². The molecule has 0 saturated carbocycles. The molecule has 2 heterocycles. The third-order valence-corrected chi connectivity index (χ3v) is 6.90. The number of aromatic nitrogens is 2. The van der Waals surface area contributed by atoms with Gasteiger partial charge in [-0.25, -0.2) is 4.79 Å². The van der Waals surface area contributed by atoms with E-state index in [9.17, 15) is 28.2 Å². The van der Waals surface area contributed by atoms with Crippen LogP contribution in [0.3, 0.4) is 0 Å². The second kappa shape index (κ2) is 13.4. The molecule has 2 N–H and O–H groups in total. The molecule has 4 rings (SSSR count). The van der Waals surface area contributed by atoms with Crippen molar-refractivity contribution >= 4 is 6.16 Å². The van der Waals surface area contributed by atoms with Gasteiger partial charge in [0.1, 0.15) is 30.3 Å². The summed E-state index contributed by atoms with van der Waals surface area (Å²) in [5, 5.41) is 24.9. The topological polar surface area (TPSA) is 122 Å². The lowest BCUT2D eigenvalue weighted by Gasteiger charge is -2.36. The molecule has 3 unspecified atom stereocenters. The maximum Gasteiger partial charge on any atom is 0.508 e. The minimum Gasteiger partial charge on any atom is -0.497 e. The van der Waals surface area contributed by atoms with Gasteiger partial charge in [0.05, 0.1) is 32.4 Å². The molecular formula is C29H33F3N2O8. The largest absolute Gasteiger partial charge is 0.508 e. The van der Waals surface area contributed by atoms with Crippen LogP contribution in [0.15, 0.2) is 48.5 Å². The molecule has 4 atom stereocenters. The van der Waals surface area contributed by atoms with Crippen LogP contribution < -0.4 is 9.47 Å². The van der Waals surface area contributed by atoms with Gasteiger partial charge in [0.15, 0.2) is 0 Å². The number of ether oxygens (including phenoxy) is 5. The van der Waals surface area contributed by atoms with E-state index in [1.165, 1.54) is 7.11 Å². The van der Waals surface area contributed by atoms with Crippen molar-refractivity contribution in [1.82, 2.24) is 9.78 Å². The Labute approximate surface area is 240 Å². The summed E-state index contributed by atoms with van der Waals surface area (Å²) < 4.78 is 70.6. The molecule has 0 amide bonds. The number of hydrogen-bond donors (Lipinski definition) is 2. The summed E-state index contributed by atoms with van der Waals surface area (Å²) in [6.45, 7) is 1.28. The summed E-state index contributed by atoms with van der Waals surface area (Å²) in [4.78, 5) is 11.4. The summed E-state index contributed by atoms with van der Waals surface area (Å²) in [5.41, 5.74) is 0.976. The molecule has 1 aliphatic rings. The first-order valence-corrected chi connectivity index (χ1v) is 13.3. The van der Waals surface area contributed by atoms with E-state index in [2.05, 4.69) is 9.84 Å². The third kappa shape index (κ3) is 7.52. The van der Waals surface area contributed by atoms with Crippen LogP contribution in [0.25, 0.3) is 0 Å². The molecule has 0 radical (unpaired) electrons. The first-order chi connectivity index (χ1) is 20.0. The maximum absolute atomic E-state index is 14.6. The zero-order valence-corrected chi connectivity index (χ0v) is 23.3. The van der Waals surface area contributed by atoms with Gasteiger partial charge in [0, 0.05) is 12.8 Å². The zero-order valence-electron chi connectivity index (χ0n) is 23.3. The highest BCUT2D eigenvalue weighted by atomic mass is 19.4. The van der Waals surface area contributed by atoms with Gasteiger partial charge in [-0.15, -0.1) is 5.10 Å². The number of carbonyl (C=O) groups is 1. The lowest BCUT2D eigenvalue weighted by Crippen LogP contribution is -2.51. The van der Waals surface area contributed by atoms with Crippen molar-refractivity contribution in [2.45, 2.75) is 63.5 Å². The fourth-order valence-corrected chi connectivity index (χ4v) is 4.63. The van der Waals surface area contributed by atoms with Crippen molar-refractivity contribution in [3.8, 4) is 11.6 Å². The van der Waals surface area contributed by atoms with Gasteiger partial charge in [0.2, 0.25) is 12.2 Å². The molecule has 1 saturated heterocycles. The number of hydrogen-bond acceptors (Lipinski definition) is 9. The van der Waals surface area contributed by atoms with Crippen molar-refractivity contribution in [1.29, 1.82) is 0 Å². The standard InChI is InChI=1S/C29H33F3N2O8/c1-4-17-5-7-18(8-6-17)13-21-26(29(30,31)32)34(15-19-9-11-20(38-2)12-10-19)33-27(21)42-24-14-22(35)25(36)23(41-24)16-40-28(37)39-3/h5-12,22-25,35-36H,4,13-16H2,1-3H3/t22?,23?,24?,25-/m0/s1. The lowest BCUT2D eigenvalue weighted by molar-refractivity contribution is -0.231. The number of aliphatic hydroxyl groups excluding tert-OH is 2. The first kappa shape index (κ1) is 31.1. The minimum atomic E-state index is -4.79. The second-order valence-electron chi connectivity index (χ2n) is 9.76. The monoisotopic (exact) mass is 594 g/mol. The van der Waals surface area contributed by atoms with E-state index in [0.717, 1.165) is 23.8 Å². The number of halogens is 3. The SMILES string of the molecule is CCc1ccc(Cc2c(OC3CC(O)[C@H](O)C(COC(=O)OC)O3)nn(Cc3ccc(OC)cc3)c2C(F)(F)F)cc1. The Hall–Kier alpha value is -3.81. The molecule has 228 valence electrons. The van der Waals surface area contributed by atoms with Gasteiger partial charge in [0.25, 0.3) is 0 Å². The fourth-order valence-electron chi connectivity index (χ4n) is 4.63. The van der Waals surface area contributed by atoms with Crippen LogP contribution in [0.4, 0.5) is 18.0 Å². The molecule has 1 fully saturated rings. The highest BCUT2D eigenvalue weighted by Gasteiger charge is 2.43. The molecule has 0 aliphatic carbocycles. The molecule has 10 nitrogen and oxygen atoms in total. The quantitative estimate of drug-likeness (QED) is 0.334. The second-order valence-corrected chi connectivity index (χ2v) is 9.76. The Balaban J connectivity index is 1.70. The molecular weight excluding hydrogens is 561 g/mol. The van der Waals surface area contributed by atoms with E-state index in [-0.39, 0.29) is 30.8 Å². The maximum atomic E-state index is 14.6. The van der Waals surface area contributed by atoms with E-state index in [1.54, 1.807) is 36.4 Å². The van der Waals surface area contributed by atoms with Crippen LogP contribution >= 0.6 is 0 Å². The van der Waals surface area contributed by atoms with Crippen molar-refractivity contribution in [3.63, 3.8) is 0 Å². The van der Waals surface area contributed by atoms with E-state index < -0.39 is 49.2 Å². The number of carbonyl (C=O) groups excluding carboxylic acids is 1. The molecule has 2 aromatic carbocycles. The van der Waals surface area contributed by atoms with Crippen LogP contribution in [0, 0.1) is 0 Å². The minimum absolute atomic E-state index is 0.149. The van der Waals surface area contributed by atoms with Crippen LogP contribution in [-0.2, 0) is 39.8 Å². The third-order valence-electron chi connectivity index (χ3n) is 6.90. The molecule has 42 heavy (non-hydrogen) atoms. The normalized spacial score (nSPS) is 20.7. The van der Waals surface area contributed by atoms with Gasteiger partial charge in [-0.05, 0) is 35.2 Å². The number of methoxy groups -OCH3 is 2. The average Bonchev–Trinajstić information content (AvgIpc) is 3.30. The number of rotatable bonds is 10. The van der Waals surface area contributed by atoms with Crippen molar-refractivity contribution < 1.29 is 51.9 Å². The molecule has 13 heteroatoms. The van der Waals surface area contributed by atoms with Crippen molar-refractivity contribution in [2.75, 3.05) is 20.8 Å². The van der Waals surface area contributed by atoms with Gasteiger partial charge in [-0.3, -0.25) is 4.68 Å². The highest BCUT2D eigenvalue weighted by molar-refractivity contribution is 5.59. The molecule has 1 aliphatic heterocycles. The molecule has 0 spiro atoms. The number of aryl methyl sites for hydroxylation is 1. The fraction of sp³-hybridized carbons (Fsp3) is 0.448. The van der Waals surface area contributed by atoms with Crippen molar-refractivity contribution in [2.24, 2.45) is 0 Å². The zero-order chi connectivity index (χ0) is 30.4. The highest BCUT2D eigenvalue weighted by Crippen LogP contribution is 2.39. The van der Waals surface area contributed by atoms with Crippen LogP contribution in [0.1, 0.15) is 41.3 Å². The summed E-state index contributed by atoms with van der Waals surface area (Å²) in [5.74, 6) is 0.216. The number of benzene rings is 2. The Bertz CT molecular complexity index is 1330. The van der Waals surface area contributed by atoms with E-state index in [4.69, 9.17) is 18.9 Å². The number of alkyl halides is 3. The van der Waals surface area contributed by atoms with Crippen molar-refractivity contribution in [3.05, 3.63) is 76.5 Å². The van der Waals surface area contributed by atoms with Crippen LogP contribution in [0.2, 0.25) is 0 Å². The summed E-state index contributed by atoms with van der Waals surface area (Å²) in [7, 11) is 2.58. The Morgan fingerprint density at radius 1 is 1.05 bits per heavy atom. The predicted molar refractivity (Wildman–Crippen MR) is 142 cm³/mol. The molecule has 3 aromatic rings.